The van der Waals surface area contributed by atoms with E-state index >= 15 is 0 Å². The minimum absolute atomic E-state index is 0.00786. The molecule has 1 unspecified atom stereocenters. The summed E-state index contributed by atoms with van der Waals surface area (Å²) in [6.45, 7) is 2.76. The molecule has 3 heterocycles. The zero-order chi connectivity index (χ0) is 25.8. The zero-order valence-electron chi connectivity index (χ0n) is 21.2. The Bertz CT molecular complexity index is 1390. The number of fused-ring (bicyclic) bond motifs is 2. The van der Waals surface area contributed by atoms with Gasteiger partial charge in [0.1, 0.15) is 29.7 Å². The van der Waals surface area contributed by atoms with Gasteiger partial charge in [0, 0.05) is 36.1 Å². The first-order valence-electron chi connectivity index (χ1n) is 13.1. The summed E-state index contributed by atoms with van der Waals surface area (Å²) in [5, 5.41) is 23.3. The first-order chi connectivity index (χ1) is 17.8. The van der Waals surface area contributed by atoms with Crippen molar-refractivity contribution in [2.45, 2.75) is 63.3 Å². The maximum absolute atomic E-state index is 10.9. The summed E-state index contributed by atoms with van der Waals surface area (Å²) in [6.07, 6.45) is 6.73. The normalized spacial score (nSPS) is 27.9. The average Bonchev–Trinajstić information content (AvgIpc) is 3.51. The Kier molecular flexibility index (Phi) is 6.35. The van der Waals surface area contributed by atoms with Crippen molar-refractivity contribution in [3.63, 3.8) is 0 Å². The zero-order valence-corrected chi connectivity index (χ0v) is 21.9. The van der Waals surface area contributed by atoms with Crippen molar-refractivity contribution in [1.82, 2.24) is 29.4 Å². The molecule has 37 heavy (non-hydrogen) atoms. The molecular weight excluding hydrogens is 490 g/mol. The lowest BCUT2D eigenvalue weighted by molar-refractivity contribution is -0.00658. The fraction of sp³-hybridized carbons (Fsp3) is 0.519. The molecule has 0 radical (unpaired) electrons. The molecule has 0 bridgehead atoms. The number of benzene rings is 1. The standard InChI is InChI=1S/C27H34ClN7O2/c1-14-7-20-21(11-19(14)28)33-23(32-20)4-3-15-8-17(9-15)34(2)12-16-10-22(25(37)24(16)36)35-6-5-18-26(29)30-13-31-27(18)35/h5-7,11,13,15-17,22,24-25,36-37H,3-4,8-10,12H2,1-2H3,(H,32,33)(H2,29,30,31)/t15?,16?,17?,22-,24-,25+/m1/s1. The maximum atomic E-state index is 10.9. The molecule has 2 fully saturated rings. The summed E-state index contributed by atoms with van der Waals surface area (Å²) in [5.41, 5.74) is 9.69. The van der Waals surface area contributed by atoms with Gasteiger partial charge in [-0.3, -0.25) is 0 Å². The van der Waals surface area contributed by atoms with Crippen molar-refractivity contribution >= 4 is 39.5 Å². The van der Waals surface area contributed by atoms with E-state index in [1.54, 1.807) is 0 Å². The number of aryl methyl sites for hydroxylation is 2. The second-order valence-corrected chi connectivity index (χ2v) is 11.4. The third kappa shape index (κ3) is 4.48. The van der Waals surface area contributed by atoms with Gasteiger partial charge in [0.2, 0.25) is 0 Å². The Morgan fingerprint density at radius 2 is 2.00 bits per heavy atom. The van der Waals surface area contributed by atoms with Crippen LogP contribution >= 0.6 is 11.6 Å². The molecule has 2 saturated carbocycles. The molecule has 5 N–H and O–H groups in total. The number of aliphatic hydroxyl groups excluding tert-OH is 2. The second kappa shape index (κ2) is 9.54. The van der Waals surface area contributed by atoms with Gasteiger partial charge in [-0.2, -0.15) is 0 Å². The van der Waals surface area contributed by atoms with Gasteiger partial charge < -0.3 is 30.4 Å². The van der Waals surface area contributed by atoms with Crippen molar-refractivity contribution in [2.24, 2.45) is 11.8 Å². The van der Waals surface area contributed by atoms with E-state index in [9.17, 15) is 10.2 Å². The van der Waals surface area contributed by atoms with Crippen LogP contribution in [0.4, 0.5) is 5.82 Å². The van der Waals surface area contributed by atoms with Gasteiger partial charge in [-0.25, -0.2) is 15.0 Å². The van der Waals surface area contributed by atoms with Crippen molar-refractivity contribution in [3.05, 3.63) is 47.1 Å². The van der Waals surface area contributed by atoms with E-state index in [1.165, 1.54) is 6.33 Å². The van der Waals surface area contributed by atoms with Crippen molar-refractivity contribution in [3.8, 4) is 0 Å². The predicted molar refractivity (Wildman–Crippen MR) is 144 cm³/mol. The quantitative estimate of drug-likeness (QED) is 0.292. The van der Waals surface area contributed by atoms with Gasteiger partial charge in [0.05, 0.1) is 28.6 Å². The first-order valence-corrected chi connectivity index (χ1v) is 13.4. The Labute approximate surface area is 220 Å². The summed E-state index contributed by atoms with van der Waals surface area (Å²) in [6, 6.07) is 6.13. The van der Waals surface area contributed by atoms with Crippen molar-refractivity contribution in [2.75, 3.05) is 19.3 Å². The highest BCUT2D eigenvalue weighted by molar-refractivity contribution is 6.32. The summed E-state index contributed by atoms with van der Waals surface area (Å²) in [4.78, 5) is 18.9. The number of aromatic nitrogens is 5. The number of nitrogens with one attached hydrogen (secondary N) is 1. The van der Waals surface area contributed by atoms with E-state index in [1.807, 2.05) is 35.9 Å². The molecule has 0 amide bonds. The largest absolute Gasteiger partial charge is 0.390 e. The lowest BCUT2D eigenvalue weighted by Crippen LogP contribution is -2.46. The minimum atomic E-state index is -0.846. The summed E-state index contributed by atoms with van der Waals surface area (Å²) >= 11 is 6.25. The van der Waals surface area contributed by atoms with E-state index in [2.05, 4.69) is 26.9 Å². The van der Waals surface area contributed by atoms with Crippen LogP contribution in [-0.2, 0) is 6.42 Å². The van der Waals surface area contributed by atoms with Crippen molar-refractivity contribution in [1.29, 1.82) is 0 Å². The van der Waals surface area contributed by atoms with Crippen LogP contribution in [0.25, 0.3) is 22.1 Å². The number of hydrogen-bond donors (Lipinski definition) is 4. The molecule has 1 aromatic carbocycles. The highest BCUT2D eigenvalue weighted by Crippen LogP contribution is 2.40. The molecule has 3 aromatic heterocycles. The molecule has 2 aliphatic rings. The highest BCUT2D eigenvalue weighted by Gasteiger charge is 2.44. The summed E-state index contributed by atoms with van der Waals surface area (Å²) in [7, 11) is 2.14. The lowest BCUT2D eigenvalue weighted by Gasteiger charge is -2.42. The van der Waals surface area contributed by atoms with Gasteiger partial charge in [-0.05, 0) is 69.3 Å². The molecule has 4 atom stereocenters. The number of hydrogen-bond acceptors (Lipinski definition) is 7. The van der Waals surface area contributed by atoms with Crippen LogP contribution in [0.3, 0.4) is 0 Å². The van der Waals surface area contributed by atoms with Gasteiger partial charge >= 0.3 is 0 Å². The Morgan fingerprint density at radius 1 is 1.19 bits per heavy atom. The number of H-pyrrole nitrogens is 1. The molecule has 196 valence electrons. The molecule has 4 aromatic rings. The molecule has 0 aliphatic heterocycles. The van der Waals surface area contributed by atoms with Crippen LogP contribution in [0.15, 0.2) is 30.7 Å². The lowest BCUT2D eigenvalue weighted by atomic mass is 9.76. The molecule has 9 nitrogen and oxygen atoms in total. The van der Waals surface area contributed by atoms with Gasteiger partial charge in [-0.1, -0.05) is 11.6 Å². The molecule has 0 saturated heterocycles. The fourth-order valence-electron chi connectivity index (χ4n) is 6.28. The van der Waals surface area contributed by atoms with Gasteiger partial charge in [0.25, 0.3) is 0 Å². The topological polar surface area (TPSA) is 129 Å². The second-order valence-electron chi connectivity index (χ2n) is 11.0. The average molecular weight is 524 g/mol. The van der Waals surface area contributed by atoms with E-state index < -0.39 is 12.2 Å². The predicted octanol–water partition coefficient (Wildman–Crippen LogP) is 3.48. The smallest absolute Gasteiger partial charge is 0.145 e. The van der Waals surface area contributed by atoms with E-state index in [0.29, 0.717) is 29.8 Å². The van der Waals surface area contributed by atoms with Crippen LogP contribution in [0.5, 0.6) is 0 Å². The Morgan fingerprint density at radius 3 is 2.81 bits per heavy atom. The van der Waals surface area contributed by atoms with E-state index in [-0.39, 0.29) is 12.0 Å². The molecule has 10 heteroatoms. The number of halogens is 1. The van der Waals surface area contributed by atoms with Crippen LogP contribution < -0.4 is 5.73 Å². The summed E-state index contributed by atoms with van der Waals surface area (Å²) in [5.74, 6) is 2.11. The van der Waals surface area contributed by atoms with Crippen LogP contribution in [0.1, 0.15) is 43.1 Å². The van der Waals surface area contributed by atoms with E-state index in [0.717, 1.165) is 65.1 Å². The van der Waals surface area contributed by atoms with Crippen LogP contribution in [0, 0.1) is 18.8 Å². The summed E-state index contributed by atoms with van der Waals surface area (Å²) < 4.78 is 1.94. The first kappa shape index (κ1) is 24.6. The number of imidazole rings is 1. The number of nitrogen functional groups attached to an aromatic ring is 1. The Balaban J connectivity index is 1.02. The number of aliphatic hydroxyl groups is 2. The number of aromatic amines is 1. The number of nitrogens with two attached hydrogens (primary N) is 1. The monoisotopic (exact) mass is 523 g/mol. The number of nitrogens with zero attached hydrogens (tertiary/aromatic N) is 5. The maximum Gasteiger partial charge on any atom is 0.145 e. The van der Waals surface area contributed by atoms with Gasteiger partial charge in [-0.15, -0.1) is 0 Å². The minimum Gasteiger partial charge on any atom is -0.390 e. The fourth-order valence-corrected chi connectivity index (χ4v) is 6.44. The molecule has 6 rings (SSSR count). The van der Waals surface area contributed by atoms with Gasteiger partial charge in [0.15, 0.2) is 0 Å². The highest BCUT2D eigenvalue weighted by atomic mass is 35.5. The third-order valence-corrected chi connectivity index (χ3v) is 9.03. The molecular formula is C27H34ClN7O2. The van der Waals surface area contributed by atoms with Crippen LogP contribution in [0.2, 0.25) is 5.02 Å². The molecule has 2 aliphatic carbocycles. The van der Waals surface area contributed by atoms with Crippen LogP contribution in [-0.4, -0.2) is 71.5 Å². The number of rotatable bonds is 7. The van der Waals surface area contributed by atoms with Crippen molar-refractivity contribution < 1.29 is 10.2 Å². The molecule has 0 spiro atoms. The number of anilines is 1. The SMILES string of the molecule is Cc1cc2nc(CCC3CC(N(C)CC4C[C@@H](n5ccc6c(N)ncnc65)[C@H](O)[C@@H]4O)C3)[nH]c2cc1Cl. The van der Waals surface area contributed by atoms with E-state index in [4.69, 9.17) is 22.3 Å². The Hall–Kier alpha value is -2.72. The third-order valence-electron chi connectivity index (χ3n) is 8.63.